The van der Waals surface area contributed by atoms with Crippen LogP contribution in [-0.4, -0.2) is 18.7 Å². The SMILES string of the molecule is C=C(OC1(C(=O)OC)CC1)/C(Br)=C\C. The van der Waals surface area contributed by atoms with Gasteiger partial charge in [-0.2, -0.15) is 0 Å². The maximum absolute atomic E-state index is 11.3. The van der Waals surface area contributed by atoms with Gasteiger partial charge in [0.2, 0.25) is 5.60 Å². The van der Waals surface area contributed by atoms with Gasteiger partial charge in [0.25, 0.3) is 0 Å². The molecule has 1 saturated carbocycles. The first-order valence-electron chi connectivity index (χ1n) is 4.34. The van der Waals surface area contributed by atoms with Crippen molar-refractivity contribution in [3.05, 3.63) is 22.9 Å². The monoisotopic (exact) mass is 260 g/mol. The maximum atomic E-state index is 11.3. The number of carbonyl (C=O) groups excluding carboxylic acids is 1. The molecule has 0 radical (unpaired) electrons. The van der Waals surface area contributed by atoms with E-state index >= 15 is 0 Å². The molecular weight excluding hydrogens is 248 g/mol. The van der Waals surface area contributed by atoms with Crippen LogP contribution in [0.25, 0.3) is 0 Å². The lowest BCUT2D eigenvalue weighted by atomic mass is 10.3. The molecule has 14 heavy (non-hydrogen) atoms. The lowest BCUT2D eigenvalue weighted by molar-refractivity contribution is -0.154. The van der Waals surface area contributed by atoms with Gasteiger partial charge in [-0.25, -0.2) is 4.79 Å². The minimum absolute atomic E-state index is 0.324. The molecule has 0 saturated heterocycles. The average Bonchev–Trinajstić information content (AvgIpc) is 2.96. The minimum atomic E-state index is -0.770. The Morgan fingerprint density at radius 1 is 1.57 bits per heavy atom. The van der Waals surface area contributed by atoms with Gasteiger partial charge >= 0.3 is 5.97 Å². The number of hydrogen-bond donors (Lipinski definition) is 0. The van der Waals surface area contributed by atoms with E-state index in [0.29, 0.717) is 18.6 Å². The number of halogens is 1. The fourth-order valence-electron chi connectivity index (χ4n) is 1.09. The molecule has 0 aromatic carbocycles. The molecule has 0 bridgehead atoms. The number of hydrogen-bond acceptors (Lipinski definition) is 3. The molecule has 1 aliphatic rings. The lowest BCUT2D eigenvalue weighted by Crippen LogP contribution is -2.27. The van der Waals surface area contributed by atoms with E-state index in [2.05, 4.69) is 27.2 Å². The van der Waals surface area contributed by atoms with Crippen molar-refractivity contribution in [2.24, 2.45) is 0 Å². The van der Waals surface area contributed by atoms with Crippen LogP contribution in [0.1, 0.15) is 19.8 Å². The predicted octanol–water partition coefficient (Wildman–Crippen LogP) is 2.52. The van der Waals surface area contributed by atoms with E-state index < -0.39 is 5.60 Å². The molecule has 1 aliphatic carbocycles. The van der Waals surface area contributed by atoms with Gasteiger partial charge in [-0.3, -0.25) is 0 Å². The molecule has 1 fully saturated rings. The third kappa shape index (κ3) is 2.18. The Hall–Kier alpha value is -0.770. The molecule has 4 heteroatoms. The maximum Gasteiger partial charge on any atom is 0.350 e. The summed E-state index contributed by atoms with van der Waals surface area (Å²) in [4.78, 5) is 11.3. The van der Waals surface area contributed by atoms with Crippen LogP contribution in [0.2, 0.25) is 0 Å². The number of allylic oxidation sites excluding steroid dienone is 2. The van der Waals surface area contributed by atoms with Gasteiger partial charge in [-0.15, -0.1) is 0 Å². The van der Waals surface area contributed by atoms with Crippen LogP contribution in [0.5, 0.6) is 0 Å². The average molecular weight is 261 g/mol. The largest absolute Gasteiger partial charge is 0.475 e. The smallest absolute Gasteiger partial charge is 0.350 e. The van der Waals surface area contributed by atoms with Gasteiger partial charge < -0.3 is 9.47 Å². The predicted molar refractivity (Wildman–Crippen MR) is 56.9 cm³/mol. The number of ether oxygens (including phenoxy) is 2. The van der Waals surface area contributed by atoms with Gasteiger partial charge in [0, 0.05) is 12.8 Å². The second kappa shape index (κ2) is 4.17. The van der Waals surface area contributed by atoms with Crippen molar-refractivity contribution in [1.82, 2.24) is 0 Å². The summed E-state index contributed by atoms with van der Waals surface area (Å²) in [7, 11) is 1.36. The van der Waals surface area contributed by atoms with Crippen LogP contribution >= 0.6 is 15.9 Å². The van der Waals surface area contributed by atoms with E-state index in [0.717, 1.165) is 4.48 Å². The Bertz CT molecular complexity index is 290. The first kappa shape index (κ1) is 11.3. The van der Waals surface area contributed by atoms with E-state index in [4.69, 9.17) is 4.74 Å². The summed E-state index contributed by atoms with van der Waals surface area (Å²) in [5, 5.41) is 0. The molecule has 3 nitrogen and oxygen atoms in total. The summed E-state index contributed by atoms with van der Waals surface area (Å²) in [6.45, 7) is 5.58. The third-order valence-corrected chi connectivity index (χ3v) is 3.00. The molecule has 0 aliphatic heterocycles. The van der Waals surface area contributed by atoms with E-state index in [1.165, 1.54) is 7.11 Å². The second-order valence-electron chi connectivity index (χ2n) is 3.15. The second-order valence-corrected chi connectivity index (χ2v) is 4.00. The van der Waals surface area contributed by atoms with Crippen molar-refractivity contribution in [2.75, 3.05) is 7.11 Å². The standard InChI is InChI=1S/C10H13BrO3/c1-4-8(11)7(2)14-10(5-6-10)9(12)13-3/h4H,2,5-6H2,1,3H3/b8-4+. The molecule has 78 valence electrons. The van der Waals surface area contributed by atoms with Crippen molar-refractivity contribution in [1.29, 1.82) is 0 Å². The summed E-state index contributed by atoms with van der Waals surface area (Å²) in [5.41, 5.74) is -0.770. The zero-order valence-corrected chi connectivity index (χ0v) is 9.89. The number of carbonyl (C=O) groups is 1. The molecule has 0 N–H and O–H groups in total. The Morgan fingerprint density at radius 3 is 2.50 bits per heavy atom. The molecule has 0 amide bonds. The molecule has 0 unspecified atom stereocenters. The van der Waals surface area contributed by atoms with Crippen molar-refractivity contribution in [3.8, 4) is 0 Å². The summed E-state index contributed by atoms with van der Waals surface area (Å²) < 4.78 is 10.9. The quantitative estimate of drug-likeness (QED) is 0.443. The molecular formula is C10H13BrO3. The topological polar surface area (TPSA) is 35.5 Å². The highest BCUT2D eigenvalue weighted by Crippen LogP contribution is 2.43. The highest BCUT2D eigenvalue weighted by molar-refractivity contribution is 9.11. The molecule has 0 aromatic rings. The van der Waals surface area contributed by atoms with Crippen LogP contribution in [0.3, 0.4) is 0 Å². The Balaban J connectivity index is 2.61. The molecule has 0 heterocycles. The third-order valence-electron chi connectivity index (χ3n) is 2.10. The van der Waals surface area contributed by atoms with Crippen molar-refractivity contribution in [3.63, 3.8) is 0 Å². The first-order chi connectivity index (χ1) is 6.55. The van der Waals surface area contributed by atoms with Gasteiger partial charge in [0.05, 0.1) is 11.6 Å². The van der Waals surface area contributed by atoms with Gasteiger partial charge in [-0.1, -0.05) is 12.7 Å². The van der Waals surface area contributed by atoms with Crippen molar-refractivity contribution in [2.45, 2.75) is 25.4 Å². The zero-order chi connectivity index (χ0) is 10.8. The molecule has 1 rings (SSSR count). The highest BCUT2D eigenvalue weighted by Gasteiger charge is 2.54. The minimum Gasteiger partial charge on any atom is -0.475 e. The first-order valence-corrected chi connectivity index (χ1v) is 5.13. The number of rotatable bonds is 4. The molecule has 0 atom stereocenters. The van der Waals surface area contributed by atoms with Gasteiger partial charge in [0.15, 0.2) is 0 Å². The van der Waals surface area contributed by atoms with E-state index in [9.17, 15) is 4.79 Å². The number of methoxy groups -OCH3 is 1. The Labute approximate surface area is 91.9 Å². The fraction of sp³-hybridized carbons (Fsp3) is 0.500. The zero-order valence-electron chi connectivity index (χ0n) is 8.30. The summed E-state index contributed by atoms with van der Waals surface area (Å²) in [5.74, 6) is 0.144. The number of esters is 1. The van der Waals surface area contributed by atoms with Gasteiger partial charge in [0.1, 0.15) is 5.76 Å². The normalized spacial score (nSPS) is 18.6. The highest BCUT2D eigenvalue weighted by atomic mass is 79.9. The lowest BCUT2D eigenvalue weighted by Gasteiger charge is -2.16. The molecule has 0 spiro atoms. The Kier molecular flexibility index (Phi) is 3.37. The van der Waals surface area contributed by atoms with E-state index in [1.54, 1.807) is 0 Å². The van der Waals surface area contributed by atoms with Crippen molar-refractivity contribution >= 4 is 21.9 Å². The summed E-state index contributed by atoms with van der Waals surface area (Å²) in [6, 6.07) is 0. The van der Waals surface area contributed by atoms with Crippen LogP contribution < -0.4 is 0 Å². The van der Waals surface area contributed by atoms with Crippen molar-refractivity contribution < 1.29 is 14.3 Å². The van der Waals surface area contributed by atoms with Crippen LogP contribution in [-0.2, 0) is 14.3 Å². The van der Waals surface area contributed by atoms with E-state index in [1.807, 2.05) is 13.0 Å². The molecule has 0 aromatic heterocycles. The van der Waals surface area contributed by atoms with Crippen LogP contribution in [0.15, 0.2) is 22.9 Å². The Morgan fingerprint density at radius 2 is 2.14 bits per heavy atom. The fourth-order valence-corrected chi connectivity index (χ4v) is 1.17. The van der Waals surface area contributed by atoms with Crippen LogP contribution in [0.4, 0.5) is 0 Å². The summed E-state index contributed by atoms with van der Waals surface area (Å²) >= 11 is 3.28. The van der Waals surface area contributed by atoms with E-state index in [-0.39, 0.29) is 5.97 Å². The summed E-state index contributed by atoms with van der Waals surface area (Å²) in [6.07, 6.45) is 3.21. The van der Waals surface area contributed by atoms with Crippen LogP contribution in [0, 0.1) is 0 Å². The van der Waals surface area contributed by atoms with Gasteiger partial charge in [-0.05, 0) is 22.9 Å².